The van der Waals surface area contributed by atoms with Crippen LogP contribution < -0.4 is 11.5 Å². The van der Waals surface area contributed by atoms with Gasteiger partial charge < -0.3 is 21.3 Å². The lowest BCUT2D eigenvalue weighted by molar-refractivity contribution is -0.138. The highest BCUT2D eigenvalue weighted by Gasteiger charge is 2.13. The van der Waals surface area contributed by atoms with E-state index in [1.807, 2.05) is 0 Å². The normalized spacial score (nSPS) is 11.8. The number of carboxylic acid groups (broad SMARTS) is 1. The van der Waals surface area contributed by atoms with Crippen LogP contribution in [0.5, 0.6) is 0 Å². The Kier molecular flexibility index (Phi) is 4.41. The average molecular weight is 239 g/mol. The third-order valence-electron chi connectivity index (χ3n) is 2.00. The molecule has 0 aliphatic heterocycles. The van der Waals surface area contributed by atoms with Gasteiger partial charge >= 0.3 is 11.9 Å². The van der Waals surface area contributed by atoms with E-state index in [9.17, 15) is 9.59 Å². The van der Waals surface area contributed by atoms with Crippen molar-refractivity contribution in [3.8, 4) is 0 Å². The topological polar surface area (TPSA) is 129 Å². The van der Waals surface area contributed by atoms with E-state index in [0.717, 1.165) is 0 Å². The summed E-state index contributed by atoms with van der Waals surface area (Å²) >= 11 is 0. The van der Waals surface area contributed by atoms with Crippen LogP contribution >= 0.6 is 0 Å². The van der Waals surface area contributed by atoms with Crippen molar-refractivity contribution in [3.63, 3.8) is 0 Å². The van der Waals surface area contributed by atoms with Gasteiger partial charge in [0.05, 0.1) is 12.2 Å². The van der Waals surface area contributed by atoms with Gasteiger partial charge in [-0.2, -0.15) is 0 Å². The highest BCUT2D eigenvalue weighted by Crippen LogP contribution is 2.03. The van der Waals surface area contributed by atoms with E-state index < -0.39 is 18.0 Å². The number of aromatic nitrogens is 1. The van der Waals surface area contributed by atoms with Crippen LogP contribution in [0.4, 0.5) is 5.82 Å². The Labute approximate surface area is 97.4 Å². The first-order chi connectivity index (χ1) is 8.00. The molecular weight excluding hydrogens is 226 g/mol. The monoisotopic (exact) mass is 239 g/mol. The summed E-state index contributed by atoms with van der Waals surface area (Å²) in [6, 6.07) is 1.91. The number of hydrogen-bond acceptors (Lipinski definition) is 6. The lowest BCUT2D eigenvalue weighted by atomic mass is 10.2. The maximum absolute atomic E-state index is 11.4. The first-order valence-corrected chi connectivity index (χ1v) is 4.87. The maximum Gasteiger partial charge on any atom is 0.339 e. The van der Waals surface area contributed by atoms with Crippen molar-refractivity contribution in [1.29, 1.82) is 0 Å². The summed E-state index contributed by atoms with van der Waals surface area (Å²) < 4.78 is 4.83. The van der Waals surface area contributed by atoms with E-state index in [-0.39, 0.29) is 18.6 Å². The van der Waals surface area contributed by atoms with Gasteiger partial charge in [0.1, 0.15) is 11.9 Å². The summed E-state index contributed by atoms with van der Waals surface area (Å²) in [7, 11) is 0. The van der Waals surface area contributed by atoms with Crippen molar-refractivity contribution in [2.75, 3.05) is 12.3 Å². The van der Waals surface area contributed by atoms with Gasteiger partial charge in [-0.05, 0) is 12.1 Å². The number of ether oxygens (including phenoxy) is 1. The van der Waals surface area contributed by atoms with E-state index in [1.165, 1.54) is 18.3 Å². The molecule has 1 heterocycles. The summed E-state index contributed by atoms with van der Waals surface area (Å²) in [5.41, 5.74) is 10.8. The molecule has 0 amide bonds. The molecule has 0 fully saturated rings. The first kappa shape index (κ1) is 12.9. The molecule has 7 heteroatoms. The molecule has 0 saturated carbocycles. The largest absolute Gasteiger partial charge is 0.480 e. The Morgan fingerprint density at radius 2 is 2.18 bits per heavy atom. The number of carboxylic acids is 1. The lowest BCUT2D eigenvalue weighted by Gasteiger charge is -2.07. The highest BCUT2D eigenvalue weighted by atomic mass is 16.5. The van der Waals surface area contributed by atoms with Crippen LogP contribution in [0.15, 0.2) is 18.3 Å². The van der Waals surface area contributed by atoms with Crippen LogP contribution in [-0.2, 0) is 9.53 Å². The minimum absolute atomic E-state index is 0.0589. The number of esters is 1. The standard InChI is InChI=1S/C10H13N3O4/c11-7(9(14)15)3-4-17-10(16)6-1-2-8(12)13-5-6/h1-2,5,7H,3-4,11H2,(H2,12,13)(H,14,15). The summed E-state index contributed by atoms with van der Waals surface area (Å²) in [4.78, 5) is 25.5. The summed E-state index contributed by atoms with van der Waals surface area (Å²) in [6.07, 6.45) is 1.35. The third kappa shape index (κ3) is 4.07. The van der Waals surface area contributed by atoms with E-state index in [2.05, 4.69) is 4.98 Å². The smallest absolute Gasteiger partial charge is 0.339 e. The zero-order chi connectivity index (χ0) is 12.8. The molecule has 7 nitrogen and oxygen atoms in total. The van der Waals surface area contributed by atoms with Gasteiger partial charge in [0.25, 0.3) is 0 Å². The van der Waals surface area contributed by atoms with E-state index in [0.29, 0.717) is 5.82 Å². The Hall–Kier alpha value is -2.15. The van der Waals surface area contributed by atoms with Crippen molar-refractivity contribution in [3.05, 3.63) is 23.9 Å². The number of carbonyl (C=O) groups excluding carboxylic acids is 1. The van der Waals surface area contributed by atoms with Gasteiger partial charge in [0, 0.05) is 12.6 Å². The second kappa shape index (κ2) is 5.80. The minimum atomic E-state index is -1.13. The van der Waals surface area contributed by atoms with Crippen molar-refractivity contribution >= 4 is 17.8 Å². The molecule has 1 rings (SSSR count). The predicted octanol–water partition coefficient (Wildman–Crippen LogP) is -0.377. The van der Waals surface area contributed by atoms with Crippen LogP contribution in [-0.4, -0.2) is 34.7 Å². The Morgan fingerprint density at radius 1 is 1.47 bits per heavy atom. The third-order valence-corrected chi connectivity index (χ3v) is 2.00. The zero-order valence-electron chi connectivity index (χ0n) is 9.00. The Morgan fingerprint density at radius 3 is 2.71 bits per heavy atom. The molecule has 0 spiro atoms. The van der Waals surface area contributed by atoms with Crippen LogP contribution in [0, 0.1) is 0 Å². The molecule has 1 unspecified atom stereocenters. The van der Waals surface area contributed by atoms with E-state index in [1.54, 1.807) is 0 Å². The van der Waals surface area contributed by atoms with Gasteiger partial charge in [-0.3, -0.25) is 4.79 Å². The quantitative estimate of drug-likeness (QED) is 0.597. The number of aliphatic carboxylic acids is 1. The number of pyridine rings is 1. The van der Waals surface area contributed by atoms with Crippen LogP contribution in [0.1, 0.15) is 16.8 Å². The van der Waals surface area contributed by atoms with Crippen molar-refractivity contribution in [1.82, 2.24) is 4.98 Å². The molecule has 1 aromatic rings. The zero-order valence-corrected chi connectivity index (χ0v) is 9.00. The van der Waals surface area contributed by atoms with Gasteiger partial charge in [-0.25, -0.2) is 9.78 Å². The second-order valence-electron chi connectivity index (χ2n) is 3.34. The molecule has 0 bridgehead atoms. The number of nitrogens with two attached hydrogens (primary N) is 2. The Bertz CT molecular complexity index is 405. The second-order valence-corrected chi connectivity index (χ2v) is 3.34. The molecule has 5 N–H and O–H groups in total. The first-order valence-electron chi connectivity index (χ1n) is 4.87. The highest BCUT2D eigenvalue weighted by molar-refractivity contribution is 5.89. The number of hydrogen-bond donors (Lipinski definition) is 3. The Balaban J connectivity index is 2.40. The molecule has 0 saturated heterocycles. The fraction of sp³-hybridized carbons (Fsp3) is 0.300. The van der Waals surface area contributed by atoms with Crippen molar-refractivity contribution in [2.24, 2.45) is 5.73 Å². The number of nitrogens with zero attached hydrogens (tertiary/aromatic N) is 1. The van der Waals surface area contributed by atoms with Crippen molar-refractivity contribution in [2.45, 2.75) is 12.5 Å². The summed E-state index contributed by atoms with van der Waals surface area (Å²) in [5.74, 6) is -1.42. The van der Waals surface area contributed by atoms with Gasteiger partial charge in [0.2, 0.25) is 0 Å². The van der Waals surface area contributed by atoms with Crippen LogP contribution in [0.25, 0.3) is 0 Å². The van der Waals surface area contributed by atoms with E-state index in [4.69, 9.17) is 21.3 Å². The molecule has 1 atom stereocenters. The molecule has 0 aliphatic rings. The number of anilines is 1. The molecule has 92 valence electrons. The lowest BCUT2D eigenvalue weighted by Crippen LogP contribution is -2.31. The van der Waals surface area contributed by atoms with Crippen LogP contribution in [0.3, 0.4) is 0 Å². The minimum Gasteiger partial charge on any atom is -0.480 e. The van der Waals surface area contributed by atoms with Gasteiger partial charge in [0.15, 0.2) is 0 Å². The predicted molar refractivity (Wildman–Crippen MR) is 59.2 cm³/mol. The number of nitrogen functional groups attached to an aromatic ring is 1. The number of carbonyl (C=O) groups is 2. The fourth-order valence-electron chi connectivity index (χ4n) is 1.01. The number of rotatable bonds is 5. The molecule has 0 aromatic carbocycles. The SMILES string of the molecule is Nc1ccc(C(=O)OCCC(N)C(=O)O)cn1. The van der Waals surface area contributed by atoms with Crippen molar-refractivity contribution < 1.29 is 19.4 Å². The molecular formula is C10H13N3O4. The average Bonchev–Trinajstić information content (AvgIpc) is 2.29. The van der Waals surface area contributed by atoms with Gasteiger partial charge in [-0.1, -0.05) is 0 Å². The van der Waals surface area contributed by atoms with E-state index >= 15 is 0 Å². The molecule has 17 heavy (non-hydrogen) atoms. The fourth-order valence-corrected chi connectivity index (χ4v) is 1.01. The summed E-state index contributed by atoms with van der Waals surface area (Å²) in [5, 5.41) is 8.51. The van der Waals surface area contributed by atoms with Gasteiger partial charge in [-0.15, -0.1) is 0 Å². The molecule has 0 radical (unpaired) electrons. The molecule has 1 aromatic heterocycles. The summed E-state index contributed by atoms with van der Waals surface area (Å²) in [6.45, 7) is -0.0589. The maximum atomic E-state index is 11.4. The molecule has 0 aliphatic carbocycles. The van der Waals surface area contributed by atoms with Crippen LogP contribution in [0.2, 0.25) is 0 Å².